The number of fused-ring (bicyclic) bond motifs is 1. The van der Waals surface area contributed by atoms with Gasteiger partial charge in [0.2, 0.25) is 0 Å². The minimum absolute atomic E-state index is 0.243. The van der Waals surface area contributed by atoms with Crippen LogP contribution in [0.3, 0.4) is 0 Å². The summed E-state index contributed by atoms with van der Waals surface area (Å²) < 4.78 is 36.2. The second kappa shape index (κ2) is 11.9. The summed E-state index contributed by atoms with van der Waals surface area (Å²) in [6.07, 6.45) is 1.75. The van der Waals surface area contributed by atoms with Crippen LogP contribution in [0, 0.1) is 20.8 Å². The number of hydrogen-bond donors (Lipinski definition) is 2. The smallest absolute Gasteiger partial charge is 0.345 e. The Bertz CT molecular complexity index is 1680. The Balaban J connectivity index is 1.60. The third-order valence-corrected chi connectivity index (χ3v) is 8.37. The molecule has 226 valence electrons. The zero-order valence-corrected chi connectivity index (χ0v) is 25.5. The topological polar surface area (TPSA) is 80.6 Å². The highest BCUT2D eigenvalue weighted by atomic mass is 19.3. The summed E-state index contributed by atoms with van der Waals surface area (Å²) in [6, 6.07) is 15.8. The fourth-order valence-corrected chi connectivity index (χ4v) is 6.19. The molecule has 1 saturated carbocycles. The molecule has 4 aromatic rings. The Labute approximate surface area is 250 Å². The number of hydrogen-bond acceptors (Lipinski definition) is 4. The molecule has 0 saturated heterocycles. The molecule has 1 aromatic heterocycles. The summed E-state index contributed by atoms with van der Waals surface area (Å²) in [5, 5.41) is 6.51. The summed E-state index contributed by atoms with van der Waals surface area (Å²) in [6.45, 7) is 7.04. The minimum atomic E-state index is -2.83. The molecule has 43 heavy (non-hydrogen) atoms. The lowest BCUT2D eigenvalue weighted by Crippen LogP contribution is -2.58. The first kappa shape index (κ1) is 30.4. The lowest BCUT2D eigenvalue weighted by molar-refractivity contribution is -0.194. The van der Waals surface area contributed by atoms with E-state index in [1.807, 2.05) is 76.2 Å². The van der Waals surface area contributed by atoms with Gasteiger partial charge in [0.1, 0.15) is 11.3 Å². The van der Waals surface area contributed by atoms with E-state index < -0.39 is 18.3 Å². The van der Waals surface area contributed by atoms with E-state index in [2.05, 4.69) is 22.3 Å². The van der Waals surface area contributed by atoms with Gasteiger partial charge in [0.15, 0.2) is 0 Å². The van der Waals surface area contributed by atoms with Crippen molar-refractivity contribution in [2.24, 2.45) is 0 Å². The average Bonchev–Trinajstić information content (AvgIpc) is 3.30. The van der Waals surface area contributed by atoms with Gasteiger partial charge in [0, 0.05) is 29.1 Å². The molecule has 0 spiro atoms. The summed E-state index contributed by atoms with van der Waals surface area (Å²) >= 11 is 0. The van der Waals surface area contributed by atoms with E-state index in [-0.39, 0.29) is 11.8 Å². The molecule has 2 N–H and O–H groups in total. The van der Waals surface area contributed by atoms with E-state index in [0.717, 1.165) is 51.8 Å². The predicted molar refractivity (Wildman–Crippen MR) is 165 cm³/mol. The second-order valence-corrected chi connectivity index (χ2v) is 11.9. The molecule has 0 aliphatic heterocycles. The van der Waals surface area contributed by atoms with Crippen LogP contribution in [0.2, 0.25) is 0 Å². The zero-order valence-electron chi connectivity index (χ0n) is 25.5. The van der Waals surface area contributed by atoms with Crippen molar-refractivity contribution in [3.63, 3.8) is 0 Å². The number of halogens is 2. The molecule has 8 heteroatoms. The normalized spacial score (nSPS) is 18.1. The van der Waals surface area contributed by atoms with E-state index in [0.29, 0.717) is 40.7 Å². The van der Waals surface area contributed by atoms with Gasteiger partial charge in [0.05, 0.1) is 11.7 Å². The third-order valence-electron chi connectivity index (χ3n) is 8.37. The zero-order chi connectivity index (χ0) is 31.1. The van der Waals surface area contributed by atoms with Crippen LogP contribution < -0.4 is 10.6 Å². The van der Waals surface area contributed by atoms with E-state index >= 15 is 0 Å². The number of carbonyl (C=O) groups excluding carboxylic acids is 2. The highest BCUT2D eigenvalue weighted by molar-refractivity contribution is 6.12. The fourth-order valence-electron chi connectivity index (χ4n) is 6.19. The number of amides is 2. The minimum Gasteiger partial charge on any atom is -0.455 e. The summed E-state index contributed by atoms with van der Waals surface area (Å²) in [7, 11) is 1.60. The molecule has 0 atom stereocenters. The summed E-state index contributed by atoms with van der Waals surface area (Å²) in [5.41, 5.74) is 7.60. The number of benzene rings is 3. The first-order valence-electron chi connectivity index (χ1n) is 14.7. The van der Waals surface area contributed by atoms with Crippen LogP contribution in [-0.4, -0.2) is 37.1 Å². The van der Waals surface area contributed by atoms with Crippen LogP contribution in [0.5, 0.6) is 0 Å². The van der Waals surface area contributed by atoms with Gasteiger partial charge >= 0.3 is 6.61 Å². The van der Waals surface area contributed by atoms with Crippen LogP contribution in [0.1, 0.15) is 76.1 Å². The maximum absolute atomic E-state index is 13.5. The Kier molecular flexibility index (Phi) is 8.43. The van der Waals surface area contributed by atoms with Gasteiger partial charge in [-0.1, -0.05) is 49.2 Å². The molecule has 1 aliphatic carbocycles. The Morgan fingerprint density at radius 1 is 1.00 bits per heavy atom. The van der Waals surface area contributed by atoms with Crippen molar-refractivity contribution in [1.29, 1.82) is 0 Å². The molecular formula is C35H38F2N2O4. The molecule has 1 aliphatic rings. The SMILES string of the molecule is CCCc1cc2oc(-c3ccc(C)cc3)c(C(=O)NC)c2cc1-c1cc(C(=O)NC2(C)CC(OC(F)F)C2)c(C)cc1C. The van der Waals surface area contributed by atoms with Crippen LogP contribution in [0.25, 0.3) is 33.4 Å². The Morgan fingerprint density at radius 2 is 1.70 bits per heavy atom. The van der Waals surface area contributed by atoms with Gasteiger partial charge in [-0.05, 0) is 93.0 Å². The van der Waals surface area contributed by atoms with Crippen LogP contribution in [0.15, 0.2) is 52.9 Å². The highest BCUT2D eigenvalue weighted by Crippen LogP contribution is 2.40. The summed E-state index contributed by atoms with van der Waals surface area (Å²) in [4.78, 5) is 26.8. The number of rotatable bonds is 9. The molecule has 0 bridgehead atoms. The number of aryl methyl sites for hydroxylation is 4. The quantitative estimate of drug-likeness (QED) is 0.208. The maximum atomic E-state index is 13.5. The van der Waals surface area contributed by atoms with Gasteiger partial charge in [0.25, 0.3) is 11.8 Å². The third kappa shape index (κ3) is 6.07. The van der Waals surface area contributed by atoms with Gasteiger partial charge in [-0.15, -0.1) is 0 Å². The number of carbonyl (C=O) groups is 2. The number of alkyl halides is 2. The molecule has 2 amide bonds. The van der Waals surface area contributed by atoms with Crippen molar-refractivity contribution in [3.05, 3.63) is 81.9 Å². The maximum Gasteiger partial charge on any atom is 0.345 e. The van der Waals surface area contributed by atoms with E-state index in [4.69, 9.17) is 4.42 Å². The molecular weight excluding hydrogens is 550 g/mol. The van der Waals surface area contributed by atoms with Crippen molar-refractivity contribution in [2.75, 3.05) is 7.05 Å². The van der Waals surface area contributed by atoms with Crippen molar-refractivity contribution < 1.29 is 27.5 Å². The van der Waals surface area contributed by atoms with Crippen LogP contribution >= 0.6 is 0 Å². The van der Waals surface area contributed by atoms with E-state index in [9.17, 15) is 18.4 Å². The Morgan fingerprint density at radius 3 is 2.33 bits per heavy atom. The van der Waals surface area contributed by atoms with Gasteiger partial charge < -0.3 is 19.8 Å². The molecule has 0 unspecified atom stereocenters. The van der Waals surface area contributed by atoms with E-state index in [1.54, 1.807) is 7.05 Å². The first-order valence-corrected chi connectivity index (χ1v) is 14.7. The molecule has 3 aromatic carbocycles. The monoisotopic (exact) mass is 588 g/mol. The van der Waals surface area contributed by atoms with Crippen molar-refractivity contribution in [1.82, 2.24) is 10.6 Å². The number of nitrogens with one attached hydrogen (secondary N) is 2. The van der Waals surface area contributed by atoms with Crippen molar-refractivity contribution in [3.8, 4) is 22.5 Å². The first-order chi connectivity index (χ1) is 20.4. The van der Waals surface area contributed by atoms with Crippen LogP contribution in [-0.2, 0) is 11.2 Å². The Hall–Kier alpha value is -4.04. The summed E-state index contributed by atoms with van der Waals surface area (Å²) in [5.74, 6) is 0.00970. The van der Waals surface area contributed by atoms with Gasteiger partial charge in [-0.2, -0.15) is 8.78 Å². The fraction of sp³-hybridized carbons (Fsp3) is 0.371. The number of furan rings is 1. The number of ether oxygens (including phenoxy) is 1. The molecule has 5 rings (SSSR count). The molecule has 1 heterocycles. The second-order valence-electron chi connectivity index (χ2n) is 11.9. The largest absolute Gasteiger partial charge is 0.455 e. The highest BCUT2D eigenvalue weighted by Gasteiger charge is 2.43. The van der Waals surface area contributed by atoms with Crippen molar-refractivity contribution in [2.45, 2.75) is 78.6 Å². The van der Waals surface area contributed by atoms with Gasteiger partial charge in [-0.25, -0.2) is 0 Å². The predicted octanol–water partition coefficient (Wildman–Crippen LogP) is 7.89. The molecule has 6 nitrogen and oxygen atoms in total. The lowest BCUT2D eigenvalue weighted by atomic mass is 9.75. The molecule has 0 radical (unpaired) electrons. The van der Waals surface area contributed by atoms with Crippen LogP contribution in [0.4, 0.5) is 8.78 Å². The molecule has 1 fully saturated rings. The van der Waals surface area contributed by atoms with E-state index in [1.165, 1.54) is 0 Å². The standard InChI is InChI=1S/C35H38F2N2O4/c1-7-8-23-14-29-28(30(33(41)38-6)31(43-29)22-11-9-19(2)10-12-22)16-27(23)25-15-26(21(4)13-20(25)3)32(40)39-35(5)17-24(18-35)42-34(36)37/h9-16,24,34H,7-8,17-18H2,1-6H3,(H,38,41)(H,39,40). The van der Waals surface area contributed by atoms with Gasteiger partial charge in [-0.3, -0.25) is 9.59 Å². The lowest BCUT2D eigenvalue weighted by Gasteiger charge is -2.45. The van der Waals surface area contributed by atoms with Crippen molar-refractivity contribution >= 4 is 22.8 Å². The average molecular weight is 589 g/mol.